The smallest absolute Gasteiger partial charge is 0.335 e. The van der Waals surface area contributed by atoms with E-state index in [2.05, 4.69) is 17.5 Å². The Kier molecular flexibility index (Phi) is 3.53. The summed E-state index contributed by atoms with van der Waals surface area (Å²) in [5.74, 6) is -0.625. The second-order valence-electron chi connectivity index (χ2n) is 6.43. The number of hydrogen-bond acceptors (Lipinski definition) is 4. The van der Waals surface area contributed by atoms with E-state index in [-0.39, 0.29) is 34.1 Å². The van der Waals surface area contributed by atoms with Crippen molar-refractivity contribution in [3.05, 3.63) is 81.4 Å². The van der Waals surface area contributed by atoms with Crippen LogP contribution in [0, 0.1) is 16.0 Å². The van der Waals surface area contributed by atoms with Crippen LogP contribution in [0.15, 0.2) is 54.6 Å². The van der Waals surface area contributed by atoms with E-state index in [0.29, 0.717) is 0 Å². The van der Waals surface area contributed by atoms with Gasteiger partial charge in [0.2, 0.25) is 0 Å². The van der Waals surface area contributed by atoms with Crippen LogP contribution in [0.5, 0.6) is 0 Å². The van der Waals surface area contributed by atoms with Crippen molar-refractivity contribution >= 4 is 17.3 Å². The topological polar surface area (TPSA) is 92.5 Å². The lowest BCUT2D eigenvalue weighted by molar-refractivity contribution is -0.384. The fraction of sp³-hybridized carbons (Fsp3) is 0.211. The minimum absolute atomic E-state index is 0.0527. The van der Waals surface area contributed by atoms with Gasteiger partial charge in [0.05, 0.1) is 16.5 Å². The van der Waals surface area contributed by atoms with Crippen LogP contribution >= 0.6 is 0 Å². The normalized spacial score (nSPS) is 23.4. The molecular formula is C19H16N2O4. The number of fused-ring (bicyclic) bond motifs is 3. The number of anilines is 1. The van der Waals surface area contributed by atoms with E-state index >= 15 is 0 Å². The number of aromatic carboxylic acids is 1. The molecule has 3 atom stereocenters. The van der Waals surface area contributed by atoms with Crippen LogP contribution in [0.2, 0.25) is 0 Å². The molecule has 0 fully saturated rings. The summed E-state index contributed by atoms with van der Waals surface area (Å²) in [4.78, 5) is 22.0. The Balaban J connectivity index is 1.77. The van der Waals surface area contributed by atoms with Gasteiger partial charge in [0, 0.05) is 23.7 Å². The number of carbonyl (C=O) groups is 1. The predicted octanol–water partition coefficient (Wildman–Crippen LogP) is 4.12. The average Bonchev–Trinajstić information content (AvgIpc) is 3.10. The molecule has 1 aliphatic carbocycles. The first-order valence-corrected chi connectivity index (χ1v) is 8.09. The van der Waals surface area contributed by atoms with Crippen molar-refractivity contribution < 1.29 is 14.8 Å². The van der Waals surface area contributed by atoms with E-state index in [4.69, 9.17) is 0 Å². The van der Waals surface area contributed by atoms with Gasteiger partial charge in [-0.25, -0.2) is 4.79 Å². The molecule has 2 N–H and O–H groups in total. The van der Waals surface area contributed by atoms with Gasteiger partial charge in [-0.15, -0.1) is 0 Å². The van der Waals surface area contributed by atoms with Crippen LogP contribution in [0.25, 0.3) is 0 Å². The molecule has 4 rings (SSSR count). The highest BCUT2D eigenvalue weighted by molar-refractivity contribution is 5.89. The molecule has 0 amide bonds. The van der Waals surface area contributed by atoms with Crippen molar-refractivity contribution in [3.8, 4) is 0 Å². The first-order chi connectivity index (χ1) is 12.0. The third-order valence-corrected chi connectivity index (χ3v) is 5.05. The van der Waals surface area contributed by atoms with Crippen LogP contribution in [-0.2, 0) is 0 Å². The van der Waals surface area contributed by atoms with Crippen LogP contribution in [0.4, 0.5) is 11.4 Å². The first kappa shape index (κ1) is 15.4. The molecule has 0 radical (unpaired) electrons. The molecule has 0 bridgehead atoms. The zero-order valence-electron chi connectivity index (χ0n) is 13.3. The maximum absolute atomic E-state index is 11.3. The molecule has 1 aliphatic heterocycles. The van der Waals surface area contributed by atoms with Crippen LogP contribution in [-0.4, -0.2) is 16.0 Å². The summed E-state index contributed by atoms with van der Waals surface area (Å²) in [6.45, 7) is 0. The third-order valence-electron chi connectivity index (χ3n) is 5.05. The molecule has 2 aromatic rings. The number of benzene rings is 2. The Labute approximate surface area is 144 Å². The van der Waals surface area contributed by atoms with Crippen LogP contribution in [0.3, 0.4) is 0 Å². The highest BCUT2D eigenvalue weighted by Crippen LogP contribution is 2.50. The molecule has 1 heterocycles. The van der Waals surface area contributed by atoms with E-state index in [0.717, 1.165) is 23.2 Å². The maximum atomic E-state index is 11.3. The van der Waals surface area contributed by atoms with Crippen molar-refractivity contribution in [3.63, 3.8) is 0 Å². The van der Waals surface area contributed by atoms with Gasteiger partial charge in [-0.3, -0.25) is 10.1 Å². The van der Waals surface area contributed by atoms with E-state index in [1.807, 2.05) is 6.07 Å². The number of nitrogens with zero attached hydrogens (tertiary/aromatic N) is 1. The first-order valence-electron chi connectivity index (χ1n) is 8.09. The molecule has 0 aromatic heterocycles. The number of rotatable bonds is 3. The molecule has 0 spiro atoms. The lowest BCUT2D eigenvalue weighted by Crippen LogP contribution is -2.29. The fourth-order valence-electron chi connectivity index (χ4n) is 3.89. The SMILES string of the molecule is O=C(O)c1ccc2c(c1)[C@H]1C=CC[C@@H]1[C@H](c1cccc([N+](=O)[O-])c1)N2. The number of nitrogens with one attached hydrogen (secondary N) is 1. The van der Waals surface area contributed by atoms with Gasteiger partial charge in [0.25, 0.3) is 5.69 Å². The minimum atomic E-state index is -0.942. The van der Waals surface area contributed by atoms with Gasteiger partial charge < -0.3 is 10.4 Å². The summed E-state index contributed by atoms with van der Waals surface area (Å²) in [6.07, 6.45) is 5.06. The Hall–Kier alpha value is -3.15. The molecule has 0 saturated carbocycles. The standard InChI is InChI=1S/C19H16N2O4/c22-19(23)12-7-8-17-16(10-12)14-5-2-6-15(14)18(20-17)11-3-1-4-13(9-11)21(24)25/h1-5,7-10,14-15,18,20H,6H2,(H,22,23)/t14-,15-,18-/m0/s1. The lowest BCUT2D eigenvalue weighted by atomic mass is 9.76. The summed E-state index contributed by atoms with van der Waals surface area (Å²) in [6, 6.07) is 11.7. The predicted molar refractivity (Wildman–Crippen MR) is 92.8 cm³/mol. The number of non-ortho nitro benzene ring substituents is 1. The molecule has 6 heteroatoms. The summed E-state index contributed by atoms with van der Waals surface area (Å²) in [5.41, 5.74) is 3.08. The van der Waals surface area contributed by atoms with Crippen molar-refractivity contribution in [2.24, 2.45) is 5.92 Å². The van der Waals surface area contributed by atoms with Crippen molar-refractivity contribution in [2.45, 2.75) is 18.4 Å². The van der Waals surface area contributed by atoms with Crippen LogP contribution in [0.1, 0.15) is 39.9 Å². The number of carboxylic acid groups (broad SMARTS) is 1. The zero-order chi connectivity index (χ0) is 17.6. The third kappa shape index (κ3) is 2.55. The molecule has 126 valence electrons. The Morgan fingerprint density at radius 3 is 2.84 bits per heavy atom. The Morgan fingerprint density at radius 1 is 1.24 bits per heavy atom. The Morgan fingerprint density at radius 2 is 2.08 bits per heavy atom. The molecule has 2 aliphatic rings. The molecule has 25 heavy (non-hydrogen) atoms. The maximum Gasteiger partial charge on any atom is 0.335 e. The summed E-state index contributed by atoms with van der Waals surface area (Å²) >= 11 is 0. The van der Waals surface area contributed by atoms with E-state index in [1.165, 1.54) is 6.07 Å². The number of nitro groups is 1. The highest BCUT2D eigenvalue weighted by atomic mass is 16.6. The van der Waals surface area contributed by atoms with Gasteiger partial charge >= 0.3 is 5.97 Å². The van der Waals surface area contributed by atoms with E-state index < -0.39 is 5.97 Å². The van der Waals surface area contributed by atoms with Crippen molar-refractivity contribution in [1.82, 2.24) is 0 Å². The number of allylic oxidation sites excluding steroid dienone is 2. The largest absolute Gasteiger partial charge is 0.478 e. The molecule has 2 aromatic carbocycles. The number of nitro benzene ring substituents is 1. The summed E-state index contributed by atoms with van der Waals surface area (Å²) in [5, 5.41) is 23.8. The Bertz CT molecular complexity index is 906. The summed E-state index contributed by atoms with van der Waals surface area (Å²) in [7, 11) is 0. The van der Waals surface area contributed by atoms with E-state index in [1.54, 1.807) is 30.3 Å². The van der Waals surface area contributed by atoms with Gasteiger partial charge in [-0.05, 0) is 41.7 Å². The highest BCUT2D eigenvalue weighted by Gasteiger charge is 2.38. The molecule has 0 saturated heterocycles. The summed E-state index contributed by atoms with van der Waals surface area (Å²) < 4.78 is 0. The van der Waals surface area contributed by atoms with Gasteiger partial charge in [0.1, 0.15) is 0 Å². The zero-order valence-corrected chi connectivity index (χ0v) is 13.3. The van der Waals surface area contributed by atoms with E-state index in [9.17, 15) is 20.0 Å². The van der Waals surface area contributed by atoms with Gasteiger partial charge in [-0.1, -0.05) is 24.3 Å². The quantitative estimate of drug-likeness (QED) is 0.500. The second kappa shape index (κ2) is 5.73. The number of carboxylic acids is 1. The van der Waals surface area contributed by atoms with Gasteiger partial charge in [-0.2, -0.15) is 0 Å². The molecular weight excluding hydrogens is 320 g/mol. The molecule has 6 nitrogen and oxygen atoms in total. The fourth-order valence-corrected chi connectivity index (χ4v) is 3.89. The minimum Gasteiger partial charge on any atom is -0.478 e. The molecule has 0 unspecified atom stereocenters. The van der Waals surface area contributed by atoms with Crippen molar-refractivity contribution in [1.29, 1.82) is 0 Å². The monoisotopic (exact) mass is 336 g/mol. The van der Waals surface area contributed by atoms with Gasteiger partial charge in [0.15, 0.2) is 0 Å². The lowest BCUT2D eigenvalue weighted by Gasteiger charge is -2.37. The van der Waals surface area contributed by atoms with Crippen molar-refractivity contribution in [2.75, 3.05) is 5.32 Å². The second-order valence-corrected chi connectivity index (χ2v) is 6.43. The number of hydrogen-bond donors (Lipinski definition) is 2. The average molecular weight is 336 g/mol. The van der Waals surface area contributed by atoms with Crippen LogP contribution < -0.4 is 5.32 Å².